The summed E-state index contributed by atoms with van der Waals surface area (Å²) >= 11 is 0. The van der Waals surface area contributed by atoms with Crippen molar-refractivity contribution in [2.75, 3.05) is 26.4 Å². The lowest BCUT2D eigenvalue weighted by Crippen LogP contribution is -2.50. The Hall–Kier alpha value is -0.880. The highest BCUT2D eigenvalue weighted by Gasteiger charge is 2.34. The van der Waals surface area contributed by atoms with Gasteiger partial charge in [-0.25, -0.2) is 4.39 Å². The maximum absolute atomic E-state index is 13.9. The Kier molecular flexibility index (Phi) is 7.75. The Labute approximate surface area is 149 Å². The Morgan fingerprint density at radius 3 is 2.96 bits per heavy atom. The van der Waals surface area contributed by atoms with E-state index in [1.54, 1.807) is 12.1 Å². The standard InChI is InChI=1S/C18H27FN2O2.ClH/c1-2-23-18-7-6-13(10-15(18)19)11-21-16-5-3-4-14(16)17-12-22-9-8-20-17;/h6-7,10,14,16-17,20-21H,2-5,8-9,11-12H2,1H3;1H. The smallest absolute Gasteiger partial charge is 0.165 e. The molecule has 3 unspecified atom stereocenters. The van der Waals surface area contributed by atoms with Crippen LogP contribution in [-0.4, -0.2) is 38.4 Å². The van der Waals surface area contributed by atoms with E-state index < -0.39 is 0 Å². The van der Waals surface area contributed by atoms with Gasteiger partial charge < -0.3 is 20.1 Å². The number of hydrogen-bond donors (Lipinski definition) is 2. The third-order valence-corrected chi connectivity index (χ3v) is 4.90. The minimum absolute atomic E-state index is 0. The van der Waals surface area contributed by atoms with Crippen molar-refractivity contribution in [2.45, 2.75) is 44.8 Å². The highest BCUT2D eigenvalue weighted by Crippen LogP contribution is 2.30. The average molecular weight is 359 g/mol. The zero-order chi connectivity index (χ0) is 16.1. The molecule has 1 saturated carbocycles. The van der Waals surface area contributed by atoms with Crippen molar-refractivity contribution in [1.82, 2.24) is 10.6 Å². The minimum Gasteiger partial charge on any atom is -0.491 e. The molecule has 2 N–H and O–H groups in total. The zero-order valence-corrected chi connectivity index (χ0v) is 15.0. The van der Waals surface area contributed by atoms with E-state index in [1.807, 2.05) is 13.0 Å². The fourth-order valence-electron chi connectivity index (χ4n) is 3.76. The van der Waals surface area contributed by atoms with Crippen LogP contribution in [0.25, 0.3) is 0 Å². The second kappa shape index (κ2) is 9.56. The van der Waals surface area contributed by atoms with Gasteiger partial charge in [-0.15, -0.1) is 12.4 Å². The summed E-state index contributed by atoms with van der Waals surface area (Å²) in [6, 6.07) is 6.15. The third-order valence-electron chi connectivity index (χ3n) is 4.90. The molecule has 1 heterocycles. The van der Waals surface area contributed by atoms with Gasteiger partial charge >= 0.3 is 0 Å². The van der Waals surface area contributed by atoms with E-state index in [4.69, 9.17) is 9.47 Å². The lowest BCUT2D eigenvalue weighted by atomic mass is 9.94. The van der Waals surface area contributed by atoms with E-state index in [0.29, 0.717) is 36.9 Å². The SMILES string of the molecule is CCOc1ccc(CNC2CCCC2C2COCCN2)cc1F.Cl. The molecule has 24 heavy (non-hydrogen) atoms. The molecule has 1 aromatic carbocycles. The van der Waals surface area contributed by atoms with Gasteiger partial charge in [-0.3, -0.25) is 0 Å². The number of morpholine rings is 1. The molecule has 3 atom stereocenters. The zero-order valence-electron chi connectivity index (χ0n) is 14.2. The van der Waals surface area contributed by atoms with E-state index in [1.165, 1.54) is 19.3 Å². The molecule has 4 nitrogen and oxygen atoms in total. The molecule has 1 aliphatic carbocycles. The first-order chi connectivity index (χ1) is 11.3. The molecule has 2 aliphatic rings. The van der Waals surface area contributed by atoms with Crippen LogP contribution in [0.3, 0.4) is 0 Å². The van der Waals surface area contributed by atoms with Crippen LogP contribution in [0.2, 0.25) is 0 Å². The van der Waals surface area contributed by atoms with E-state index in [2.05, 4.69) is 10.6 Å². The number of ether oxygens (including phenoxy) is 2. The molecule has 0 amide bonds. The van der Waals surface area contributed by atoms with E-state index in [-0.39, 0.29) is 18.2 Å². The number of nitrogens with one attached hydrogen (secondary N) is 2. The summed E-state index contributed by atoms with van der Waals surface area (Å²) in [6.45, 7) is 5.59. The van der Waals surface area contributed by atoms with Crippen molar-refractivity contribution in [3.05, 3.63) is 29.6 Å². The van der Waals surface area contributed by atoms with Gasteiger partial charge in [0.2, 0.25) is 0 Å². The summed E-state index contributed by atoms with van der Waals surface area (Å²) in [4.78, 5) is 0. The molecule has 0 spiro atoms. The van der Waals surface area contributed by atoms with Crippen molar-refractivity contribution in [3.63, 3.8) is 0 Å². The lowest BCUT2D eigenvalue weighted by Gasteiger charge is -2.33. The van der Waals surface area contributed by atoms with Gasteiger partial charge in [-0.1, -0.05) is 12.5 Å². The molecule has 0 bridgehead atoms. The molecule has 1 aromatic rings. The van der Waals surface area contributed by atoms with Crippen LogP contribution in [0.5, 0.6) is 5.75 Å². The Bertz CT molecular complexity index is 512. The predicted molar refractivity (Wildman–Crippen MR) is 95.4 cm³/mol. The third kappa shape index (κ3) is 4.82. The Morgan fingerprint density at radius 2 is 2.25 bits per heavy atom. The minimum atomic E-state index is -0.281. The van der Waals surface area contributed by atoms with Crippen LogP contribution in [-0.2, 0) is 11.3 Å². The number of benzene rings is 1. The van der Waals surface area contributed by atoms with Gasteiger partial charge in [0.25, 0.3) is 0 Å². The van der Waals surface area contributed by atoms with Crippen LogP contribution in [0.15, 0.2) is 18.2 Å². The fourth-order valence-corrected chi connectivity index (χ4v) is 3.76. The number of hydrogen-bond acceptors (Lipinski definition) is 4. The summed E-state index contributed by atoms with van der Waals surface area (Å²) in [5.74, 6) is 0.651. The molecule has 3 rings (SSSR count). The van der Waals surface area contributed by atoms with E-state index in [0.717, 1.165) is 25.3 Å². The summed E-state index contributed by atoms with van der Waals surface area (Å²) in [5.41, 5.74) is 0.962. The molecular weight excluding hydrogens is 331 g/mol. The summed E-state index contributed by atoms with van der Waals surface area (Å²) in [7, 11) is 0. The normalized spacial score (nSPS) is 26.8. The quantitative estimate of drug-likeness (QED) is 0.820. The van der Waals surface area contributed by atoms with Gasteiger partial charge in [-0.2, -0.15) is 0 Å². The molecule has 6 heteroatoms. The monoisotopic (exact) mass is 358 g/mol. The van der Waals surface area contributed by atoms with Crippen molar-refractivity contribution in [3.8, 4) is 5.75 Å². The van der Waals surface area contributed by atoms with Crippen LogP contribution in [0.4, 0.5) is 4.39 Å². The lowest BCUT2D eigenvalue weighted by molar-refractivity contribution is 0.0524. The van der Waals surface area contributed by atoms with Gasteiger partial charge in [0.05, 0.1) is 19.8 Å². The fraction of sp³-hybridized carbons (Fsp3) is 0.667. The highest BCUT2D eigenvalue weighted by molar-refractivity contribution is 5.85. The van der Waals surface area contributed by atoms with Crippen LogP contribution in [0.1, 0.15) is 31.7 Å². The number of rotatable bonds is 6. The molecule has 0 aromatic heterocycles. The summed E-state index contributed by atoms with van der Waals surface area (Å²) in [6.07, 6.45) is 3.66. The first-order valence-corrected chi connectivity index (χ1v) is 8.73. The Morgan fingerprint density at radius 1 is 1.38 bits per heavy atom. The largest absolute Gasteiger partial charge is 0.491 e. The second-order valence-electron chi connectivity index (χ2n) is 6.42. The summed E-state index contributed by atoms with van der Waals surface area (Å²) < 4.78 is 24.8. The van der Waals surface area contributed by atoms with Crippen LogP contribution in [0, 0.1) is 11.7 Å². The molecule has 136 valence electrons. The van der Waals surface area contributed by atoms with Crippen molar-refractivity contribution >= 4 is 12.4 Å². The molecule has 1 saturated heterocycles. The highest BCUT2D eigenvalue weighted by atomic mass is 35.5. The van der Waals surface area contributed by atoms with E-state index >= 15 is 0 Å². The Balaban J connectivity index is 0.00000208. The first kappa shape index (κ1) is 19.4. The first-order valence-electron chi connectivity index (χ1n) is 8.73. The summed E-state index contributed by atoms with van der Waals surface area (Å²) in [5, 5.41) is 7.20. The van der Waals surface area contributed by atoms with E-state index in [9.17, 15) is 4.39 Å². The van der Waals surface area contributed by atoms with Gasteiger partial charge in [0.15, 0.2) is 11.6 Å². The molecule has 2 fully saturated rings. The molecule has 1 aliphatic heterocycles. The van der Waals surface area contributed by atoms with Gasteiger partial charge in [0.1, 0.15) is 0 Å². The predicted octanol–water partition coefficient (Wildman–Crippen LogP) is 2.89. The molecule has 0 radical (unpaired) electrons. The maximum Gasteiger partial charge on any atom is 0.165 e. The van der Waals surface area contributed by atoms with Gasteiger partial charge in [0, 0.05) is 25.2 Å². The van der Waals surface area contributed by atoms with Crippen LogP contribution < -0.4 is 15.4 Å². The molecular formula is C18H28ClFN2O2. The average Bonchev–Trinajstić information content (AvgIpc) is 3.05. The van der Waals surface area contributed by atoms with Crippen molar-refractivity contribution in [2.24, 2.45) is 5.92 Å². The second-order valence-corrected chi connectivity index (χ2v) is 6.42. The van der Waals surface area contributed by atoms with Crippen LogP contribution >= 0.6 is 12.4 Å². The van der Waals surface area contributed by atoms with Gasteiger partial charge in [-0.05, 0) is 43.4 Å². The topological polar surface area (TPSA) is 42.5 Å². The number of halogens is 2. The van der Waals surface area contributed by atoms with Crippen molar-refractivity contribution < 1.29 is 13.9 Å². The maximum atomic E-state index is 13.9. The van der Waals surface area contributed by atoms with Crippen molar-refractivity contribution in [1.29, 1.82) is 0 Å².